The summed E-state index contributed by atoms with van der Waals surface area (Å²) in [6, 6.07) is 0. The molecule has 2 heteroatoms. The van der Waals surface area contributed by atoms with Crippen LogP contribution in [0.1, 0.15) is 6.92 Å². The van der Waals surface area contributed by atoms with Crippen LogP contribution in [-0.2, 0) is 0 Å². The lowest BCUT2D eigenvalue weighted by Crippen LogP contribution is -2.26. The quantitative estimate of drug-likeness (QED) is 0.473. The molecule has 0 saturated carbocycles. The van der Waals surface area contributed by atoms with Gasteiger partial charge < -0.3 is 10.4 Å². The molecule has 1 aliphatic heterocycles. The van der Waals surface area contributed by atoms with Crippen molar-refractivity contribution in [1.82, 2.24) is 5.32 Å². The van der Waals surface area contributed by atoms with E-state index in [0.717, 1.165) is 5.57 Å². The Balaban J connectivity index is 2.66. The Labute approximate surface area is 48.5 Å². The highest BCUT2D eigenvalue weighted by Crippen LogP contribution is 2.01. The summed E-state index contributed by atoms with van der Waals surface area (Å²) in [5, 5.41) is 11.7. The lowest BCUT2D eigenvalue weighted by molar-refractivity contribution is 0.188. The van der Waals surface area contributed by atoms with E-state index in [0.29, 0.717) is 0 Å². The smallest absolute Gasteiger partial charge is 0.146 e. The normalized spacial score (nSPS) is 26.8. The van der Waals surface area contributed by atoms with Crippen LogP contribution in [0.15, 0.2) is 23.9 Å². The van der Waals surface area contributed by atoms with Gasteiger partial charge in [-0.1, -0.05) is 6.08 Å². The third-order valence-electron chi connectivity index (χ3n) is 1.14. The molecule has 0 spiro atoms. The van der Waals surface area contributed by atoms with Gasteiger partial charge in [0.25, 0.3) is 0 Å². The summed E-state index contributed by atoms with van der Waals surface area (Å²) >= 11 is 0. The lowest BCUT2D eigenvalue weighted by atomic mass is 10.2. The Morgan fingerprint density at radius 1 is 1.75 bits per heavy atom. The number of aliphatic hydroxyl groups excluding tert-OH is 1. The van der Waals surface area contributed by atoms with Gasteiger partial charge >= 0.3 is 0 Å². The third kappa shape index (κ3) is 0.898. The van der Waals surface area contributed by atoms with Crippen molar-refractivity contribution in [3.8, 4) is 0 Å². The van der Waals surface area contributed by atoms with Crippen molar-refractivity contribution in [1.29, 1.82) is 0 Å². The molecule has 1 unspecified atom stereocenters. The molecule has 0 aromatic rings. The molecule has 0 aliphatic carbocycles. The number of aliphatic hydroxyl groups is 1. The molecule has 0 fully saturated rings. The largest absolute Gasteiger partial charge is 0.370 e. The number of rotatable bonds is 0. The van der Waals surface area contributed by atoms with Crippen molar-refractivity contribution in [2.75, 3.05) is 0 Å². The SMILES string of the molecule is CC1=CC=CNC1O. The molecule has 0 bridgehead atoms. The highest BCUT2D eigenvalue weighted by atomic mass is 16.3. The van der Waals surface area contributed by atoms with Crippen LogP contribution >= 0.6 is 0 Å². The number of hydrogen-bond donors (Lipinski definition) is 2. The van der Waals surface area contributed by atoms with Gasteiger partial charge in [0.05, 0.1) is 0 Å². The minimum atomic E-state index is -0.472. The van der Waals surface area contributed by atoms with E-state index in [4.69, 9.17) is 5.11 Å². The predicted octanol–water partition coefficient (Wildman–Crippen LogP) is 0.368. The van der Waals surface area contributed by atoms with Crippen LogP contribution in [0.25, 0.3) is 0 Å². The molecule has 0 radical (unpaired) electrons. The molecule has 2 nitrogen and oxygen atoms in total. The minimum absolute atomic E-state index is 0.472. The van der Waals surface area contributed by atoms with Gasteiger partial charge in [-0.05, 0) is 24.8 Å². The van der Waals surface area contributed by atoms with Crippen LogP contribution in [0, 0.1) is 0 Å². The Bertz CT molecular complexity index is 137. The van der Waals surface area contributed by atoms with E-state index < -0.39 is 6.23 Å². The van der Waals surface area contributed by atoms with Crippen LogP contribution < -0.4 is 5.32 Å². The van der Waals surface area contributed by atoms with E-state index >= 15 is 0 Å². The number of allylic oxidation sites excluding steroid dienone is 2. The molecule has 0 amide bonds. The van der Waals surface area contributed by atoms with Crippen molar-refractivity contribution >= 4 is 0 Å². The second-order valence-electron chi connectivity index (χ2n) is 1.84. The fraction of sp³-hybridized carbons (Fsp3) is 0.333. The molecule has 1 atom stereocenters. The summed E-state index contributed by atoms with van der Waals surface area (Å²) in [6.07, 6.45) is 4.99. The minimum Gasteiger partial charge on any atom is -0.370 e. The molecule has 8 heavy (non-hydrogen) atoms. The van der Waals surface area contributed by atoms with Crippen LogP contribution in [0.3, 0.4) is 0 Å². The molecule has 1 heterocycles. The molecule has 1 rings (SSSR count). The monoisotopic (exact) mass is 111 g/mol. The zero-order valence-electron chi connectivity index (χ0n) is 4.76. The topological polar surface area (TPSA) is 32.3 Å². The molecular formula is C6H9NO. The predicted molar refractivity (Wildman–Crippen MR) is 32.0 cm³/mol. The molecule has 0 aromatic carbocycles. The van der Waals surface area contributed by atoms with Gasteiger partial charge in [-0.2, -0.15) is 0 Å². The molecular weight excluding hydrogens is 102 g/mol. The summed E-state index contributed by atoms with van der Waals surface area (Å²) in [4.78, 5) is 0. The molecule has 0 saturated heterocycles. The van der Waals surface area contributed by atoms with Crippen molar-refractivity contribution in [2.24, 2.45) is 0 Å². The second-order valence-corrected chi connectivity index (χ2v) is 1.84. The van der Waals surface area contributed by atoms with Gasteiger partial charge in [-0.3, -0.25) is 0 Å². The summed E-state index contributed by atoms with van der Waals surface area (Å²) in [7, 11) is 0. The van der Waals surface area contributed by atoms with E-state index in [2.05, 4.69) is 5.32 Å². The Kier molecular flexibility index (Phi) is 1.35. The lowest BCUT2D eigenvalue weighted by Gasteiger charge is -2.13. The van der Waals surface area contributed by atoms with E-state index in [-0.39, 0.29) is 0 Å². The van der Waals surface area contributed by atoms with E-state index in [9.17, 15) is 0 Å². The third-order valence-corrected chi connectivity index (χ3v) is 1.14. The molecule has 2 N–H and O–H groups in total. The fourth-order valence-electron chi connectivity index (χ4n) is 0.569. The Morgan fingerprint density at radius 2 is 2.50 bits per heavy atom. The van der Waals surface area contributed by atoms with Crippen molar-refractivity contribution in [3.63, 3.8) is 0 Å². The van der Waals surface area contributed by atoms with Crippen molar-refractivity contribution in [3.05, 3.63) is 23.9 Å². The highest BCUT2D eigenvalue weighted by Gasteiger charge is 2.02. The van der Waals surface area contributed by atoms with Gasteiger partial charge in [-0.15, -0.1) is 0 Å². The zero-order valence-corrected chi connectivity index (χ0v) is 4.76. The number of dihydropyridines is 1. The van der Waals surface area contributed by atoms with Crippen LogP contribution in [0.5, 0.6) is 0 Å². The maximum atomic E-state index is 8.95. The Hall–Kier alpha value is -0.760. The summed E-state index contributed by atoms with van der Waals surface area (Å²) in [6.45, 7) is 1.88. The summed E-state index contributed by atoms with van der Waals surface area (Å²) < 4.78 is 0. The number of hydrogen-bond acceptors (Lipinski definition) is 2. The van der Waals surface area contributed by atoms with E-state index in [1.807, 2.05) is 19.1 Å². The maximum Gasteiger partial charge on any atom is 0.146 e. The standard InChI is InChI=1S/C6H9NO/c1-5-3-2-4-7-6(5)8/h2-4,6-8H,1H3. The van der Waals surface area contributed by atoms with Gasteiger partial charge in [0.2, 0.25) is 0 Å². The first-order valence-electron chi connectivity index (χ1n) is 2.58. The van der Waals surface area contributed by atoms with Gasteiger partial charge in [0.1, 0.15) is 6.23 Å². The molecule has 44 valence electrons. The zero-order chi connectivity index (χ0) is 5.98. The average Bonchev–Trinajstić information content (AvgIpc) is 1.77. The second kappa shape index (κ2) is 2.01. The molecule has 1 aliphatic rings. The summed E-state index contributed by atoms with van der Waals surface area (Å²) in [5.74, 6) is 0. The highest BCUT2D eigenvalue weighted by molar-refractivity contribution is 5.17. The first kappa shape index (κ1) is 5.38. The van der Waals surface area contributed by atoms with Crippen LogP contribution in [0.4, 0.5) is 0 Å². The van der Waals surface area contributed by atoms with Crippen molar-refractivity contribution < 1.29 is 5.11 Å². The van der Waals surface area contributed by atoms with Gasteiger partial charge in [0.15, 0.2) is 0 Å². The summed E-state index contributed by atoms with van der Waals surface area (Å²) in [5.41, 5.74) is 0.951. The first-order chi connectivity index (χ1) is 3.80. The van der Waals surface area contributed by atoms with Crippen molar-refractivity contribution in [2.45, 2.75) is 13.2 Å². The number of nitrogens with one attached hydrogen (secondary N) is 1. The van der Waals surface area contributed by atoms with Crippen LogP contribution in [0.2, 0.25) is 0 Å². The Morgan fingerprint density at radius 3 is 2.88 bits per heavy atom. The maximum absolute atomic E-state index is 8.95. The van der Waals surface area contributed by atoms with E-state index in [1.165, 1.54) is 0 Å². The average molecular weight is 111 g/mol. The van der Waals surface area contributed by atoms with E-state index in [1.54, 1.807) is 6.20 Å². The van der Waals surface area contributed by atoms with Crippen LogP contribution in [-0.4, -0.2) is 11.3 Å². The fourth-order valence-corrected chi connectivity index (χ4v) is 0.569. The first-order valence-corrected chi connectivity index (χ1v) is 2.58. The van der Waals surface area contributed by atoms with Gasteiger partial charge in [-0.25, -0.2) is 0 Å². The molecule has 0 aromatic heterocycles. The van der Waals surface area contributed by atoms with Gasteiger partial charge in [0, 0.05) is 0 Å².